The summed E-state index contributed by atoms with van der Waals surface area (Å²) in [6.45, 7) is 0.699. The van der Waals surface area contributed by atoms with Crippen LogP contribution in [0.3, 0.4) is 0 Å². The standard InChI is InChI=1S/C28H26F2N6O2/c1-18(20-4-6-25-34(2)9-10-35(25)16-20)11-19-3-5-24-23(12-19)22(7-8-32-24)27(38)33-15-26(37)36-17-28(29,30)13-21(36)14-31/h3-12,16,21,25H,13,15,17H2,1-2H3,(H,33,38)/b18-11+. The number of nitrogens with zero attached hydrogens (tertiary/aromatic N) is 5. The predicted molar refractivity (Wildman–Crippen MR) is 138 cm³/mol. The van der Waals surface area contributed by atoms with Gasteiger partial charge in [0.15, 0.2) is 0 Å². The van der Waals surface area contributed by atoms with E-state index in [1.54, 1.807) is 12.1 Å². The van der Waals surface area contributed by atoms with Crippen LogP contribution in [-0.2, 0) is 4.79 Å². The minimum atomic E-state index is -3.11. The number of pyridine rings is 1. The van der Waals surface area contributed by atoms with Crippen LogP contribution in [0.2, 0.25) is 0 Å². The fourth-order valence-electron chi connectivity index (χ4n) is 4.88. The monoisotopic (exact) mass is 516 g/mol. The molecule has 0 bridgehead atoms. The zero-order chi connectivity index (χ0) is 27.0. The summed E-state index contributed by atoms with van der Waals surface area (Å²) in [6, 6.07) is 7.66. The van der Waals surface area contributed by atoms with Gasteiger partial charge in [-0.05, 0) is 47.9 Å². The highest BCUT2D eigenvalue weighted by Gasteiger charge is 2.47. The molecule has 4 heterocycles. The number of fused-ring (bicyclic) bond motifs is 2. The summed E-state index contributed by atoms with van der Waals surface area (Å²) in [5.74, 6) is -4.37. The van der Waals surface area contributed by atoms with Gasteiger partial charge in [-0.2, -0.15) is 5.26 Å². The highest BCUT2D eigenvalue weighted by atomic mass is 19.3. The van der Waals surface area contributed by atoms with Crippen LogP contribution in [0.4, 0.5) is 8.78 Å². The normalized spacial score (nSPS) is 21.9. The third-order valence-electron chi connectivity index (χ3n) is 6.92. The number of benzene rings is 1. The molecule has 1 aromatic carbocycles. The van der Waals surface area contributed by atoms with Crippen molar-refractivity contribution < 1.29 is 18.4 Å². The summed E-state index contributed by atoms with van der Waals surface area (Å²) in [5.41, 5.74) is 3.88. The number of hydrogen-bond donors (Lipinski definition) is 1. The van der Waals surface area contributed by atoms with Crippen LogP contribution < -0.4 is 5.32 Å². The van der Waals surface area contributed by atoms with Crippen molar-refractivity contribution in [1.82, 2.24) is 25.0 Å². The van der Waals surface area contributed by atoms with Crippen molar-refractivity contribution in [3.8, 4) is 6.07 Å². The summed E-state index contributed by atoms with van der Waals surface area (Å²) in [6.07, 6.45) is 13.3. The van der Waals surface area contributed by atoms with Crippen molar-refractivity contribution in [2.75, 3.05) is 20.1 Å². The van der Waals surface area contributed by atoms with E-state index in [2.05, 4.69) is 38.5 Å². The number of amides is 2. The smallest absolute Gasteiger partial charge is 0.268 e. The molecule has 1 aromatic heterocycles. The molecule has 5 rings (SSSR count). The first-order valence-corrected chi connectivity index (χ1v) is 12.2. The number of halogens is 2. The molecule has 3 aliphatic heterocycles. The van der Waals surface area contributed by atoms with Gasteiger partial charge >= 0.3 is 0 Å². The van der Waals surface area contributed by atoms with E-state index in [0.29, 0.717) is 16.5 Å². The van der Waals surface area contributed by atoms with Gasteiger partial charge in [-0.15, -0.1) is 0 Å². The SMILES string of the molecule is C/C(=C\c1ccc2nccc(C(=O)NCC(=O)N3CC(F)(F)CC3C#N)c2c1)C1=CN2C=CN(C)C2C=C1. The van der Waals surface area contributed by atoms with Gasteiger partial charge in [0.2, 0.25) is 5.91 Å². The summed E-state index contributed by atoms with van der Waals surface area (Å²) in [4.78, 5) is 34.9. The van der Waals surface area contributed by atoms with E-state index in [-0.39, 0.29) is 6.17 Å². The maximum atomic E-state index is 13.7. The Bertz CT molecular complexity index is 1470. The Labute approximate surface area is 218 Å². The maximum Gasteiger partial charge on any atom is 0.268 e. The van der Waals surface area contributed by atoms with Crippen LogP contribution in [0.25, 0.3) is 17.0 Å². The van der Waals surface area contributed by atoms with E-state index in [9.17, 15) is 18.4 Å². The lowest BCUT2D eigenvalue weighted by molar-refractivity contribution is -0.131. The second-order valence-electron chi connectivity index (χ2n) is 9.64. The number of aromatic nitrogens is 1. The van der Waals surface area contributed by atoms with Gasteiger partial charge < -0.3 is 20.0 Å². The Balaban J connectivity index is 1.33. The van der Waals surface area contributed by atoms with Gasteiger partial charge in [0.05, 0.1) is 30.2 Å². The molecular formula is C28H26F2N6O2. The molecule has 1 fully saturated rings. The first-order valence-electron chi connectivity index (χ1n) is 12.2. The lowest BCUT2D eigenvalue weighted by Crippen LogP contribution is -2.43. The van der Waals surface area contributed by atoms with Gasteiger partial charge in [-0.3, -0.25) is 14.6 Å². The maximum absolute atomic E-state index is 13.7. The van der Waals surface area contributed by atoms with Gasteiger partial charge in [-0.25, -0.2) is 8.78 Å². The third-order valence-corrected chi connectivity index (χ3v) is 6.92. The molecule has 0 spiro atoms. The zero-order valence-electron chi connectivity index (χ0n) is 20.9. The zero-order valence-corrected chi connectivity index (χ0v) is 20.9. The van der Waals surface area contributed by atoms with Crippen molar-refractivity contribution >= 4 is 28.8 Å². The lowest BCUT2D eigenvalue weighted by atomic mass is 10.0. The largest absolute Gasteiger partial charge is 0.356 e. The minimum absolute atomic E-state index is 0.180. The van der Waals surface area contributed by atoms with E-state index < -0.39 is 43.3 Å². The average molecular weight is 517 g/mol. The Morgan fingerprint density at radius 1 is 1.29 bits per heavy atom. The molecule has 0 aliphatic carbocycles. The molecule has 2 unspecified atom stereocenters. The second kappa shape index (κ2) is 9.74. The number of alkyl halides is 2. The number of hydrogen-bond acceptors (Lipinski definition) is 6. The quantitative estimate of drug-likeness (QED) is 0.653. The number of carbonyl (C=O) groups is 2. The summed E-state index contributed by atoms with van der Waals surface area (Å²) in [5, 5.41) is 12.2. The number of rotatable bonds is 5. The highest BCUT2D eigenvalue weighted by molar-refractivity contribution is 6.07. The molecule has 0 saturated carbocycles. The fraction of sp³-hybridized carbons (Fsp3) is 0.286. The molecule has 0 radical (unpaired) electrons. The Kier molecular flexibility index (Phi) is 6.45. The summed E-state index contributed by atoms with van der Waals surface area (Å²) in [7, 11) is 2.02. The number of nitrogens with one attached hydrogen (secondary N) is 1. The topological polar surface area (TPSA) is 92.6 Å². The Morgan fingerprint density at radius 2 is 2.11 bits per heavy atom. The van der Waals surface area contributed by atoms with Crippen LogP contribution in [0.1, 0.15) is 29.3 Å². The van der Waals surface area contributed by atoms with Crippen molar-refractivity contribution in [2.24, 2.45) is 0 Å². The van der Waals surface area contributed by atoms with Gasteiger partial charge in [-0.1, -0.05) is 18.2 Å². The van der Waals surface area contributed by atoms with Crippen LogP contribution in [0, 0.1) is 11.3 Å². The van der Waals surface area contributed by atoms with Crippen LogP contribution in [0.15, 0.2) is 72.4 Å². The number of allylic oxidation sites excluding steroid dienone is 3. The van der Waals surface area contributed by atoms with Crippen LogP contribution in [0.5, 0.6) is 0 Å². The molecule has 1 saturated heterocycles. The van der Waals surface area contributed by atoms with Crippen molar-refractivity contribution in [2.45, 2.75) is 31.5 Å². The van der Waals surface area contributed by atoms with Crippen molar-refractivity contribution in [3.63, 3.8) is 0 Å². The van der Waals surface area contributed by atoms with E-state index in [4.69, 9.17) is 5.26 Å². The molecule has 2 atom stereocenters. The first-order chi connectivity index (χ1) is 18.1. The number of likely N-dealkylation sites (tertiary alicyclic amines) is 1. The molecule has 194 valence electrons. The molecule has 3 aliphatic rings. The molecule has 10 heteroatoms. The van der Waals surface area contributed by atoms with E-state index in [0.717, 1.165) is 21.6 Å². The van der Waals surface area contributed by atoms with Gasteiger partial charge in [0.1, 0.15) is 12.2 Å². The van der Waals surface area contributed by atoms with E-state index in [1.807, 2.05) is 50.6 Å². The molecule has 1 N–H and O–H groups in total. The molecule has 2 aromatic rings. The number of carbonyl (C=O) groups excluding carboxylic acids is 2. The third kappa shape index (κ3) is 4.87. The summed E-state index contributed by atoms with van der Waals surface area (Å²) >= 11 is 0. The predicted octanol–water partition coefficient (Wildman–Crippen LogP) is 3.63. The van der Waals surface area contributed by atoms with Gasteiger partial charge in [0.25, 0.3) is 11.8 Å². The van der Waals surface area contributed by atoms with Crippen molar-refractivity contribution in [1.29, 1.82) is 5.26 Å². The molecule has 38 heavy (non-hydrogen) atoms. The minimum Gasteiger partial charge on any atom is -0.356 e. The summed E-state index contributed by atoms with van der Waals surface area (Å²) < 4.78 is 27.4. The lowest BCUT2D eigenvalue weighted by Gasteiger charge is -2.28. The highest BCUT2D eigenvalue weighted by Crippen LogP contribution is 2.32. The number of likely N-dealkylation sites (N-methyl/N-ethyl adjacent to an activating group) is 1. The molecule has 2 amide bonds. The van der Waals surface area contributed by atoms with E-state index in [1.165, 1.54) is 6.20 Å². The average Bonchev–Trinajstić information content (AvgIpc) is 3.44. The Hall–Kier alpha value is -4.52. The second-order valence-corrected chi connectivity index (χ2v) is 9.64. The fourth-order valence-corrected chi connectivity index (χ4v) is 4.88. The molecular weight excluding hydrogens is 490 g/mol. The molecule has 8 nitrogen and oxygen atoms in total. The first kappa shape index (κ1) is 25.1. The van der Waals surface area contributed by atoms with Crippen LogP contribution >= 0.6 is 0 Å². The van der Waals surface area contributed by atoms with E-state index >= 15 is 0 Å². The van der Waals surface area contributed by atoms with Crippen molar-refractivity contribution in [3.05, 3.63) is 83.5 Å². The number of nitriles is 1. The van der Waals surface area contributed by atoms with Crippen LogP contribution in [-0.4, -0.2) is 69.8 Å². The Morgan fingerprint density at radius 3 is 2.89 bits per heavy atom. The van der Waals surface area contributed by atoms with Gasteiger partial charge in [0, 0.05) is 43.7 Å².